The standard InChI is InChI=1S/C20H31NO4/c1-7-8-14(2)13-25-16-11-9-15(10-12-16)17(18(22)24-6)21-19(23)20(3,4)5/h9-12,14,17H,7-8,13H2,1-6H3,(H,21,23)/t14?,17-/m1/s1. The first-order chi connectivity index (χ1) is 11.7. The molecule has 5 nitrogen and oxygen atoms in total. The third kappa shape index (κ3) is 6.77. The van der Waals surface area contributed by atoms with Crippen LogP contribution >= 0.6 is 0 Å². The fraction of sp³-hybridized carbons (Fsp3) is 0.600. The van der Waals surface area contributed by atoms with Crippen LogP contribution in [0.3, 0.4) is 0 Å². The molecule has 1 aromatic carbocycles. The Morgan fingerprint density at radius 1 is 1.16 bits per heavy atom. The summed E-state index contributed by atoms with van der Waals surface area (Å²) >= 11 is 0. The van der Waals surface area contributed by atoms with Gasteiger partial charge in [-0.3, -0.25) is 4.79 Å². The molecule has 0 radical (unpaired) electrons. The summed E-state index contributed by atoms with van der Waals surface area (Å²) in [6.45, 7) is 10.4. The number of nitrogens with one attached hydrogen (secondary N) is 1. The van der Waals surface area contributed by atoms with E-state index < -0.39 is 17.4 Å². The van der Waals surface area contributed by atoms with Crippen molar-refractivity contribution in [2.75, 3.05) is 13.7 Å². The maximum Gasteiger partial charge on any atom is 0.333 e. The molecule has 0 spiro atoms. The van der Waals surface area contributed by atoms with Crippen molar-refractivity contribution in [3.05, 3.63) is 29.8 Å². The van der Waals surface area contributed by atoms with Crippen LogP contribution in [0.15, 0.2) is 24.3 Å². The van der Waals surface area contributed by atoms with Crippen molar-refractivity contribution >= 4 is 11.9 Å². The number of hydrogen-bond acceptors (Lipinski definition) is 4. The van der Waals surface area contributed by atoms with Crippen LogP contribution in [0, 0.1) is 11.3 Å². The number of methoxy groups -OCH3 is 1. The molecule has 5 heteroatoms. The number of carbonyl (C=O) groups is 2. The van der Waals surface area contributed by atoms with Crippen LogP contribution in [0.2, 0.25) is 0 Å². The summed E-state index contributed by atoms with van der Waals surface area (Å²) in [6, 6.07) is 6.36. The second-order valence-corrected chi connectivity index (χ2v) is 7.45. The average Bonchev–Trinajstić information content (AvgIpc) is 2.57. The number of hydrogen-bond donors (Lipinski definition) is 1. The number of carbonyl (C=O) groups excluding carboxylic acids is 2. The summed E-state index contributed by atoms with van der Waals surface area (Å²) in [5.41, 5.74) is 0.0727. The lowest BCUT2D eigenvalue weighted by Gasteiger charge is -2.23. The number of amides is 1. The van der Waals surface area contributed by atoms with Gasteiger partial charge in [-0.15, -0.1) is 0 Å². The molecule has 0 heterocycles. The Morgan fingerprint density at radius 2 is 1.76 bits per heavy atom. The highest BCUT2D eigenvalue weighted by atomic mass is 16.5. The normalized spacial score (nSPS) is 13.7. The van der Waals surface area contributed by atoms with Gasteiger partial charge < -0.3 is 14.8 Å². The molecule has 1 unspecified atom stereocenters. The van der Waals surface area contributed by atoms with E-state index in [1.165, 1.54) is 7.11 Å². The molecule has 0 aliphatic rings. The average molecular weight is 349 g/mol. The van der Waals surface area contributed by atoms with Crippen LogP contribution in [0.1, 0.15) is 59.1 Å². The second kappa shape index (κ2) is 9.44. The lowest BCUT2D eigenvalue weighted by atomic mass is 9.94. The van der Waals surface area contributed by atoms with E-state index in [-0.39, 0.29) is 5.91 Å². The molecule has 1 N–H and O–H groups in total. The van der Waals surface area contributed by atoms with Gasteiger partial charge in [0.2, 0.25) is 5.91 Å². The molecule has 1 rings (SSSR count). The maximum atomic E-state index is 12.2. The molecule has 1 aromatic rings. The van der Waals surface area contributed by atoms with Gasteiger partial charge in [-0.2, -0.15) is 0 Å². The molecular formula is C20H31NO4. The van der Waals surface area contributed by atoms with Crippen molar-refractivity contribution in [3.63, 3.8) is 0 Å². The van der Waals surface area contributed by atoms with E-state index in [2.05, 4.69) is 19.2 Å². The topological polar surface area (TPSA) is 64.6 Å². The highest BCUT2D eigenvalue weighted by Crippen LogP contribution is 2.22. The fourth-order valence-electron chi connectivity index (χ4n) is 2.31. The van der Waals surface area contributed by atoms with Crippen LogP contribution in [0.4, 0.5) is 0 Å². The van der Waals surface area contributed by atoms with Gasteiger partial charge in [-0.25, -0.2) is 4.79 Å². The summed E-state index contributed by atoms with van der Waals surface area (Å²) in [5.74, 6) is 0.537. The van der Waals surface area contributed by atoms with Crippen LogP contribution < -0.4 is 10.1 Å². The Hall–Kier alpha value is -2.04. The van der Waals surface area contributed by atoms with Gasteiger partial charge in [-0.1, -0.05) is 53.2 Å². The van der Waals surface area contributed by atoms with Crippen LogP contribution in [0.5, 0.6) is 5.75 Å². The third-order valence-corrected chi connectivity index (χ3v) is 3.92. The molecule has 0 saturated heterocycles. The molecule has 1 amide bonds. The molecule has 0 fully saturated rings. The van der Waals surface area contributed by atoms with Crippen molar-refractivity contribution in [3.8, 4) is 5.75 Å². The highest BCUT2D eigenvalue weighted by molar-refractivity contribution is 5.88. The minimum Gasteiger partial charge on any atom is -0.493 e. The van der Waals surface area contributed by atoms with E-state index in [0.717, 1.165) is 18.6 Å². The van der Waals surface area contributed by atoms with Crippen molar-refractivity contribution in [1.29, 1.82) is 0 Å². The zero-order chi connectivity index (χ0) is 19.0. The molecule has 0 aliphatic heterocycles. The summed E-state index contributed by atoms with van der Waals surface area (Å²) in [4.78, 5) is 24.3. The van der Waals surface area contributed by atoms with Gasteiger partial charge in [0.15, 0.2) is 6.04 Å². The number of ether oxygens (including phenoxy) is 2. The monoisotopic (exact) mass is 349 g/mol. The van der Waals surface area contributed by atoms with Gasteiger partial charge in [0, 0.05) is 5.41 Å². The van der Waals surface area contributed by atoms with Gasteiger partial charge in [0.25, 0.3) is 0 Å². The molecule has 2 atom stereocenters. The minimum absolute atomic E-state index is 0.211. The van der Waals surface area contributed by atoms with Crippen molar-refractivity contribution in [2.24, 2.45) is 11.3 Å². The largest absolute Gasteiger partial charge is 0.493 e. The van der Waals surface area contributed by atoms with E-state index in [4.69, 9.17) is 9.47 Å². The van der Waals surface area contributed by atoms with Crippen molar-refractivity contribution in [2.45, 2.75) is 53.5 Å². The Morgan fingerprint density at radius 3 is 2.24 bits per heavy atom. The first-order valence-corrected chi connectivity index (χ1v) is 8.80. The van der Waals surface area contributed by atoms with E-state index in [9.17, 15) is 9.59 Å². The Kier molecular flexibility index (Phi) is 7.94. The summed E-state index contributed by atoms with van der Waals surface area (Å²) in [7, 11) is 1.31. The highest BCUT2D eigenvalue weighted by Gasteiger charge is 2.29. The molecular weight excluding hydrogens is 318 g/mol. The van der Waals surface area contributed by atoms with E-state index in [0.29, 0.717) is 18.1 Å². The third-order valence-electron chi connectivity index (χ3n) is 3.92. The van der Waals surface area contributed by atoms with Gasteiger partial charge in [0.1, 0.15) is 5.75 Å². The molecule has 25 heavy (non-hydrogen) atoms. The van der Waals surface area contributed by atoms with E-state index >= 15 is 0 Å². The van der Waals surface area contributed by atoms with Gasteiger partial charge in [-0.05, 0) is 30.0 Å². The fourth-order valence-corrected chi connectivity index (χ4v) is 2.31. The first kappa shape index (κ1) is 21.0. The Bertz CT molecular complexity index is 560. The summed E-state index contributed by atoms with van der Waals surface area (Å²) < 4.78 is 10.6. The SMILES string of the molecule is CCCC(C)COc1ccc([C@@H](NC(=O)C(C)(C)C)C(=O)OC)cc1. The van der Waals surface area contributed by atoms with Crippen LogP contribution in [-0.2, 0) is 14.3 Å². The summed E-state index contributed by atoms with van der Waals surface area (Å²) in [6.07, 6.45) is 2.26. The van der Waals surface area contributed by atoms with Gasteiger partial charge in [0.05, 0.1) is 13.7 Å². The molecule has 0 saturated carbocycles. The number of esters is 1. The van der Waals surface area contributed by atoms with Crippen LogP contribution in [0.25, 0.3) is 0 Å². The Balaban J connectivity index is 2.83. The van der Waals surface area contributed by atoms with Crippen molar-refractivity contribution in [1.82, 2.24) is 5.32 Å². The Labute approximate surface area is 151 Å². The predicted molar refractivity (Wildman–Crippen MR) is 98.4 cm³/mol. The van der Waals surface area contributed by atoms with Gasteiger partial charge >= 0.3 is 5.97 Å². The second-order valence-electron chi connectivity index (χ2n) is 7.45. The lowest BCUT2D eigenvalue weighted by molar-refractivity contribution is -0.146. The summed E-state index contributed by atoms with van der Waals surface area (Å²) in [5, 5.41) is 2.76. The first-order valence-electron chi connectivity index (χ1n) is 8.80. The molecule has 140 valence electrons. The minimum atomic E-state index is -0.829. The number of benzene rings is 1. The smallest absolute Gasteiger partial charge is 0.333 e. The number of rotatable bonds is 8. The quantitative estimate of drug-likeness (QED) is 0.724. The zero-order valence-electron chi connectivity index (χ0n) is 16.2. The zero-order valence-corrected chi connectivity index (χ0v) is 16.2. The molecule has 0 bridgehead atoms. The van der Waals surface area contributed by atoms with Crippen LogP contribution in [-0.4, -0.2) is 25.6 Å². The van der Waals surface area contributed by atoms with E-state index in [1.807, 2.05) is 12.1 Å². The predicted octanol–water partition coefficient (Wildman–Crippen LogP) is 3.88. The maximum absolute atomic E-state index is 12.2. The molecule has 0 aliphatic carbocycles. The van der Waals surface area contributed by atoms with Crippen molar-refractivity contribution < 1.29 is 19.1 Å². The lowest BCUT2D eigenvalue weighted by Crippen LogP contribution is -2.40. The molecule has 0 aromatic heterocycles. The van der Waals surface area contributed by atoms with E-state index in [1.54, 1.807) is 32.9 Å².